The Bertz CT molecular complexity index is 1500. The number of nitrogens with zero attached hydrogens (tertiary/aromatic N) is 5. The number of aromatic nitrogens is 3. The minimum Gasteiger partial charge on any atom is -0.369 e. The van der Waals surface area contributed by atoms with E-state index >= 15 is 0 Å². The van der Waals surface area contributed by atoms with Crippen molar-refractivity contribution in [1.82, 2.24) is 20.5 Å². The molecule has 5 rings (SSSR count). The van der Waals surface area contributed by atoms with E-state index in [1.165, 1.54) is 11.3 Å². The minimum absolute atomic E-state index is 0.0715. The standard InChI is InChI=1S/C28H31FN6O3S2/c1-17-3-10-24(34-33-17)28-32-25(22-9-6-20(29)15-23(22)27(36)31-18(2)16-30)26(39-28)19-4-7-21(8-5-19)35-11-13-40(37,38)14-12-35/h3-5,7-8,10,18,20,22-23H,6,9,11-15H2,1-2H3,(H,31,36)/t18-,20-,22+,23+/m0/s1. The zero-order valence-electron chi connectivity index (χ0n) is 22.4. The van der Waals surface area contributed by atoms with Crippen LogP contribution in [0.25, 0.3) is 21.1 Å². The Balaban J connectivity index is 1.52. The van der Waals surface area contributed by atoms with E-state index in [1.807, 2.05) is 49.4 Å². The molecule has 1 saturated carbocycles. The highest BCUT2D eigenvalue weighted by Crippen LogP contribution is 2.46. The van der Waals surface area contributed by atoms with Crippen LogP contribution in [0.1, 0.15) is 43.5 Å². The van der Waals surface area contributed by atoms with Gasteiger partial charge in [-0.05, 0) is 62.9 Å². The second-order valence-corrected chi connectivity index (χ2v) is 13.8. The molecule has 4 atom stereocenters. The van der Waals surface area contributed by atoms with E-state index in [1.54, 1.807) is 6.92 Å². The fourth-order valence-electron chi connectivity index (χ4n) is 5.30. The Morgan fingerprint density at radius 3 is 2.52 bits per heavy atom. The summed E-state index contributed by atoms with van der Waals surface area (Å²) in [5.41, 5.74) is 3.96. The van der Waals surface area contributed by atoms with Gasteiger partial charge in [-0.2, -0.15) is 10.4 Å². The molecule has 2 fully saturated rings. The Kier molecular flexibility index (Phi) is 8.14. The molecule has 3 heterocycles. The molecule has 0 bridgehead atoms. The molecule has 2 aliphatic rings. The molecule has 1 N–H and O–H groups in total. The maximum absolute atomic E-state index is 14.6. The first-order valence-electron chi connectivity index (χ1n) is 13.3. The van der Waals surface area contributed by atoms with E-state index in [0.29, 0.717) is 36.6 Å². The molecule has 12 heteroatoms. The van der Waals surface area contributed by atoms with Gasteiger partial charge in [0.05, 0.1) is 33.8 Å². The minimum atomic E-state index is -2.98. The van der Waals surface area contributed by atoms with Crippen molar-refractivity contribution >= 4 is 32.8 Å². The molecular formula is C28H31FN6O3S2. The zero-order chi connectivity index (χ0) is 28.4. The number of benzene rings is 1. The Labute approximate surface area is 237 Å². The van der Waals surface area contributed by atoms with Gasteiger partial charge < -0.3 is 10.2 Å². The number of halogens is 1. The first-order chi connectivity index (χ1) is 19.1. The van der Waals surface area contributed by atoms with Crippen molar-refractivity contribution < 1.29 is 17.6 Å². The van der Waals surface area contributed by atoms with Gasteiger partial charge in [-0.25, -0.2) is 17.8 Å². The van der Waals surface area contributed by atoms with Crippen LogP contribution >= 0.6 is 11.3 Å². The quantitative estimate of drug-likeness (QED) is 0.461. The van der Waals surface area contributed by atoms with Crippen molar-refractivity contribution in [1.29, 1.82) is 5.26 Å². The summed E-state index contributed by atoms with van der Waals surface area (Å²) in [5, 5.41) is 21.1. The maximum Gasteiger partial charge on any atom is 0.224 e. The summed E-state index contributed by atoms with van der Waals surface area (Å²) in [6, 6.07) is 13.0. The molecule has 1 aliphatic carbocycles. The fraction of sp³-hybridized carbons (Fsp3) is 0.464. The SMILES string of the molecule is Cc1ccc(-c2nc([C@@H]3CC[C@H](F)C[C@H]3C(=O)N[C@@H](C)C#N)c(-c3ccc(N4CCS(=O)(=O)CC4)cc3)s2)nn1. The number of thiazole rings is 1. The van der Waals surface area contributed by atoms with Crippen LogP contribution in [0, 0.1) is 24.2 Å². The number of anilines is 1. The molecule has 0 radical (unpaired) electrons. The number of hydrogen-bond acceptors (Lipinski definition) is 9. The van der Waals surface area contributed by atoms with Crippen LogP contribution in [0.3, 0.4) is 0 Å². The Morgan fingerprint density at radius 2 is 1.88 bits per heavy atom. The molecular weight excluding hydrogens is 551 g/mol. The highest BCUT2D eigenvalue weighted by molar-refractivity contribution is 7.91. The molecule has 2 aromatic heterocycles. The third-order valence-corrected chi connectivity index (χ3v) is 10.3. The van der Waals surface area contributed by atoms with Gasteiger partial charge in [0, 0.05) is 30.6 Å². The van der Waals surface area contributed by atoms with E-state index in [4.69, 9.17) is 4.98 Å². The fourth-order valence-corrected chi connectivity index (χ4v) is 7.60. The number of carbonyl (C=O) groups is 1. The second kappa shape index (κ2) is 11.6. The molecule has 1 amide bonds. The summed E-state index contributed by atoms with van der Waals surface area (Å²) in [6.07, 6.45) is -0.241. The maximum atomic E-state index is 14.6. The molecule has 210 valence electrons. The van der Waals surface area contributed by atoms with E-state index in [0.717, 1.165) is 27.5 Å². The normalized spacial score (nSPS) is 23.2. The molecule has 0 spiro atoms. The lowest BCUT2D eigenvalue weighted by Crippen LogP contribution is -2.41. The smallest absolute Gasteiger partial charge is 0.224 e. The number of amides is 1. The van der Waals surface area contributed by atoms with Gasteiger partial charge in [-0.1, -0.05) is 12.1 Å². The Morgan fingerprint density at radius 1 is 1.15 bits per heavy atom. The van der Waals surface area contributed by atoms with Crippen molar-refractivity contribution in [3.63, 3.8) is 0 Å². The molecule has 9 nitrogen and oxygen atoms in total. The van der Waals surface area contributed by atoms with Crippen LogP contribution in [0.15, 0.2) is 36.4 Å². The highest BCUT2D eigenvalue weighted by Gasteiger charge is 2.39. The number of hydrogen-bond donors (Lipinski definition) is 1. The van der Waals surface area contributed by atoms with Gasteiger partial charge >= 0.3 is 0 Å². The topological polar surface area (TPSA) is 129 Å². The number of aryl methyl sites for hydroxylation is 1. The van der Waals surface area contributed by atoms with E-state index in [2.05, 4.69) is 20.4 Å². The van der Waals surface area contributed by atoms with Crippen LogP contribution in [0.4, 0.5) is 10.1 Å². The van der Waals surface area contributed by atoms with Crippen molar-refractivity contribution in [2.45, 2.75) is 51.2 Å². The summed E-state index contributed by atoms with van der Waals surface area (Å²) in [5.74, 6) is -1.05. The van der Waals surface area contributed by atoms with Crippen LogP contribution in [-0.4, -0.2) is 66.3 Å². The molecule has 1 saturated heterocycles. The summed E-state index contributed by atoms with van der Waals surface area (Å²) in [4.78, 5) is 21.1. The van der Waals surface area contributed by atoms with Crippen molar-refractivity contribution in [3.8, 4) is 27.2 Å². The van der Waals surface area contributed by atoms with E-state index < -0.39 is 28.0 Å². The molecule has 3 aromatic rings. The highest BCUT2D eigenvalue weighted by atomic mass is 32.2. The van der Waals surface area contributed by atoms with Crippen molar-refractivity contribution in [2.24, 2.45) is 5.92 Å². The molecule has 1 aromatic carbocycles. The summed E-state index contributed by atoms with van der Waals surface area (Å²) < 4.78 is 38.3. The van der Waals surface area contributed by atoms with Gasteiger partial charge in [-0.3, -0.25) is 4.79 Å². The van der Waals surface area contributed by atoms with Gasteiger partial charge in [0.25, 0.3) is 0 Å². The number of alkyl halides is 1. The van der Waals surface area contributed by atoms with E-state index in [9.17, 15) is 22.9 Å². The number of carbonyl (C=O) groups excluding carboxylic acids is 1. The van der Waals surface area contributed by atoms with Crippen molar-refractivity contribution in [2.75, 3.05) is 29.5 Å². The van der Waals surface area contributed by atoms with Crippen LogP contribution in [-0.2, 0) is 14.6 Å². The summed E-state index contributed by atoms with van der Waals surface area (Å²) in [7, 11) is -2.98. The second-order valence-electron chi connectivity index (χ2n) is 10.5. The van der Waals surface area contributed by atoms with Crippen LogP contribution in [0.2, 0.25) is 0 Å². The largest absolute Gasteiger partial charge is 0.369 e. The first-order valence-corrected chi connectivity index (χ1v) is 16.0. The van der Waals surface area contributed by atoms with Gasteiger partial charge in [0.15, 0.2) is 9.84 Å². The monoisotopic (exact) mass is 582 g/mol. The predicted molar refractivity (Wildman–Crippen MR) is 152 cm³/mol. The summed E-state index contributed by atoms with van der Waals surface area (Å²) in [6.45, 7) is 4.36. The molecule has 1 aliphatic heterocycles. The lowest BCUT2D eigenvalue weighted by Gasteiger charge is -2.32. The van der Waals surface area contributed by atoms with E-state index in [-0.39, 0.29) is 29.8 Å². The number of nitrogens with one attached hydrogen (secondary N) is 1. The number of sulfone groups is 1. The van der Waals surface area contributed by atoms with Gasteiger partial charge in [0.1, 0.15) is 22.9 Å². The number of rotatable bonds is 6. The van der Waals surface area contributed by atoms with Crippen LogP contribution in [0.5, 0.6) is 0 Å². The van der Waals surface area contributed by atoms with Gasteiger partial charge in [-0.15, -0.1) is 16.4 Å². The third-order valence-electron chi connectivity index (χ3n) is 7.54. The molecule has 40 heavy (non-hydrogen) atoms. The lowest BCUT2D eigenvalue weighted by molar-refractivity contribution is -0.127. The molecule has 0 unspecified atom stereocenters. The van der Waals surface area contributed by atoms with Gasteiger partial charge in [0.2, 0.25) is 5.91 Å². The zero-order valence-corrected chi connectivity index (χ0v) is 24.0. The lowest BCUT2D eigenvalue weighted by atomic mass is 9.75. The van der Waals surface area contributed by atoms with Crippen molar-refractivity contribution in [3.05, 3.63) is 47.8 Å². The third kappa shape index (κ3) is 6.15. The average molecular weight is 583 g/mol. The van der Waals surface area contributed by atoms with Crippen LogP contribution < -0.4 is 10.2 Å². The summed E-state index contributed by atoms with van der Waals surface area (Å²) >= 11 is 1.46. The Hall–Kier alpha value is -3.43. The number of nitriles is 1. The average Bonchev–Trinajstić information content (AvgIpc) is 3.38. The first kappa shape index (κ1) is 28.1. The predicted octanol–water partition coefficient (Wildman–Crippen LogP) is 4.06.